The molecule has 156 valence electrons. The van der Waals surface area contributed by atoms with E-state index >= 15 is 0 Å². The van der Waals surface area contributed by atoms with Crippen LogP contribution in [-0.2, 0) is 9.53 Å². The van der Waals surface area contributed by atoms with Gasteiger partial charge in [0.1, 0.15) is 5.60 Å². The lowest BCUT2D eigenvalue weighted by molar-refractivity contribution is -0.231. The number of aliphatic hydroxyl groups is 1. The molecule has 0 aliphatic heterocycles. The molecule has 3 unspecified atom stereocenters. The maximum absolute atomic E-state index is 13.7. The molecule has 0 spiro atoms. The van der Waals surface area contributed by atoms with Crippen LogP contribution in [-0.4, -0.2) is 22.3 Å². The Morgan fingerprint density at radius 2 is 1.56 bits per heavy atom. The lowest BCUT2D eigenvalue weighted by Crippen LogP contribution is -2.61. The molecule has 0 heterocycles. The summed E-state index contributed by atoms with van der Waals surface area (Å²) in [5.74, 6) is 1.03. The second-order valence-corrected chi connectivity index (χ2v) is 12.0. The molecule has 0 aromatic carbocycles. The summed E-state index contributed by atoms with van der Waals surface area (Å²) >= 11 is 0. The summed E-state index contributed by atoms with van der Waals surface area (Å²) in [5.41, 5.74) is -1.57. The minimum Gasteiger partial charge on any atom is -0.459 e. The normalized spacial score (nSPS) is 37.9. The van der Waals surface area contributed by atoms with Crippen LogP contribution < -0.4 is 0 Å². The Balaban J connectivity index is 1.87. The van der Waals surface area contributed by atoms with Crippen LogP contribution in [0.25, 0.3) is 0 Å². The Kier molecular flexibility index (Phi) is 5.07. The van der Waals surface area contributed by atoms with Crippen LogP contribution in [0.5, 0.6) is 0 Å². The third-order valence-corrected chi connectivity index (χ3v) is 8.90. The third kappa shape index (κ3) is 3.70. The quantitative estimate of drug-likeness (QED) is 0.563. The van der Waals surface area contributed by atoms with E-state index in [1.807, 2.05) is 0 Å². The average molecular weight is 379 g/mol. The number of esters is 1. The first-order chi connectivity index (χ1) is 12.3. The molecule has 3 atom stereocenters. The molecule has 4 aliphatic carbocycles. The van der Waals surface area contributed by atoms with Gasteiger partial charge in [0.2, 0.25) is 0 Å². The highest BCUT2D eigenvalue weighted by Crippen LogP contribution is 2.60. The van der Waals surface area contributed by atoms with E-state index in [9.17, 15) is 9.90 Å². The van der Waals surface area contributed by atoms with Crippen molar-refractivity contribution < 1.29 is 14.6 Å². The van der Waals surface area contributed by atoms with Gasteiger partial charge < -0.3 is 9.84 Å². The smallest absolute Gasteiger partial charge is 0.312 e. The summed E-state index contributed by atoms with van der Waals surface area (Å²) in [6, 6.07) is 0. The number of rotatable bonds is 7. The van der Waals surface area contributed by atoms with Gasteiger partial charge >= 0.3 is 5.97 Å². The van der Waals surface area contributed by atoms with Gasteiger partial charge in [-0.3, -0.25) is 4.79 Å². The zero-order valence-corrected chi connectivity index (χ0v) is 18.8. The summed E-state index contributed by atoms with van der Waals surface area (Å²) in [6.07, 6.45) is 8.41. The summed E-state index contributed by atoms with van der Waals surface area (Å²) in [5, 5.41) is 11.0. The summed E-state index contributed by atoms with van der Waals surface area (Å²) in [7, 11) is 0. The summed E-state index contributed by atoms with van der Waals surface area (Å²) in [6.45, 7) is 15.5. The molecule has 3 heteroatoms. The molecule has 3 nitrogen and oxygen atoms in total. The number of hydrogen-bond donors (Lipinski definition) is 1. The molecule has 4 aliphatic rings. The first-order valence-corrected chi connectivity index (χ1v) is 11.2. The molecule has 1 N–H and O–H groups in total. The molecule has 0 aromatic heterocycles. The molecule has 0 saturated heterocycles. The van der Waals surface area contributed by atoms with Gasteiger partial charge in [-0.1, -0.05) is 48.0 Å². The molecule has 0 amide bonds. The van der Waals surface area contributed by atoms with Gasteiger partial charge in [-0.25, -0.2) is 0 Å². The third-order valence-electron chi connectivity index (χ3n) is 8.90. The van der Waals surface area contributed by atoms with Crippen LogP contribution >= 0.6 is 0 Å². The van der Waals surface area contributed by atoms with Gasteiger partial charge in [-0.2, -0.15) is 0 Å². The van der Waals surface area contributed by atoms with E-state index in [0.717, 1.165) is 44.9 Å². The molecule has 4 fully saturated rings. The molecule has 0 radical (unpaired) electrons. The maximum Gasteiger partial charge on any atom is 0.312 e. The number of carbonyl (C=O) groups excluding carboxylic acids is 1. The van der Waals surface area contributed by atoms with Gasteiger partial charge in [0, 0.05) is 6.42 Å². The van der Waals surface area contributed by atoms with Gasteiger partial charge in [0.05, 0.1) is 11.0 Å². The Bertz CT molecular complexity index is 576. The zero-order valence-electron chi connectivity index (χ0n) is 18.8. The van der Waals surface area contributed by atoms with Crippen LogP contribution in [0.1, 0.15) is 106 Å². The van der Waals surface area contributed by atoms with Crippen molar-refractivity contribution in [1.82, 2.24) is 0 Å². The van der Waals surface area contributed by atoms with Crippen molar-refractivity contribution >= 4 is 5.97 Å². The van der Waals surface area contributed by atoms with Crippen LogP contribution in [0, 0.1) is 28.1 Å². The van der Waals surface area contributed by atoms with Crippen LogP contribution in [0.15, 0.2) is 0 Å². The molecule has 4 saturated carbocycles. The first-order valence-electron chi connectivity index (χ1n) is 11.2. The molecule has 4 bridgehead atoms. The molecular weight excluding hydrogens is 336 g/mol. The van der Waals surface area contributed by atoms with Crippen molar-refractivity contribution in [3.8, 4) is 0 Å². The van der Waals surface area contributed by atoms with Crippen molar-refractivity contribution in [1.29, 1.82) is 0 Å². The zero-order chi connectivity index (χ0) is 20.3. The topological polar surface area (TPSA) is 46.5 Å². The number of ether oxygens (including phenoxy) is 1. The van der Waals surface area contributed by atoms with E-state index < -0.39 is 16.6 Å². The van der Waals surface area contributed by atoms with E-state index in [0.29, 0.717) is 18.3 Å². The van der Waals surface area contributed by atoms with E-state index in [1.54, 1.807) is 0 Å². The Morgan fingerprint density at radius 3 is 2.00 bits per heavy atom. The Morgan fingerprint density at radius 1 is 1.00 bits per heavy atom. The fourth-order valence-corrected chi connectivity index (χ4v) is 6.62. The standard InChI is InChI=1S/C24H42O3/c1-8-20(3,4)15-22(7,21(5,6)9-2)19(25)27-24-13-17-10-18(14-24)12-23(26,11-17)16-24/h17-18,26H,8-16H2,1-7H3. The largest absolute Gasteiger partial charge is 0.459 e. The fraction of sp³-hybridized carbons (Fsp3) is 0.958. The van der Waals surface area contributed by atoms with Gasteiger partial charge in [0.15, 0.2) is 0 Å². The lowest BCUT2D eigenvalue weighted by atomic mass is 9.52. The Hall–Kier alpha value is -0.570. The highest BCUT2D eigenvalue weighted by molar-refractivity contribution is 5.78. The second kappa shape index (κ2) is 6.47. The molecule has 0 aromatic rings. The predicted molar refractivity (Wildman–Crippen MR) is 109 cm³/mol. The lowest BCUT2D eigenvalue weighted by Gasteiger charge is -2.60. The van der Waals surface area contributed by atoms with Crippen molar-refractivity contribution in [3.63, 3.8) is 0 Å². The molecule has 4 rings (SSSR count). The van der Waals surface area contributed by atoms with Gasteiger partial charge in [0.25, 0.3) is 0 Å². The highest BCUT2D eigenvalue weighted by atomic mass is 16.6. The van der Waals surface area contributed by atoms with E-state index in [-0.39, 0.29) is 16.8 Å². The maximum atomic E-state index is 13.7. The number of carbonyl (C=O) groups is 1. The predicted octanol–water partition coefficient (Wildman–Crippen LogP) is 5.88. The first kappa shape index (κ1) is 21.1. The summed E-state index contributed by atoms with van der Waals surface area (Å²) < 4.78 is 6.46. The van der Waals surface area contributed by atoms with Crippen LogP contribution in [0.3, 0.4) is 0 Å². The Labute approximate surface area is 166 Å². The van der Waals surface area contributed by atoms with E-state index in [1.165, 1.54) is 6.42 Å². The monoisotopic (exact) mass is 378 g/mol. The fourth-order valence-electron chi connectivity index (χ4n) is 6.62. The number of hydrogen-bond acceptors (Lipinski definition) is 3. The minimum absolute atomic E-state index is 0.0265. The average Bonchev–Trinajstić information content (AvgIpc) is 2.51. The molecular formula is C24H42O3. The van der Waals surface area contributed by atoms with Crippen molar-refractivity contribution in [2.75, 3.05) is 0 Å². The van der Waals surface area contributed by atoms with Gasteiger partial charge in [-0.15, -0.1) is 0 Å². The van der Waals surface area contributed by atoms with E-state index in [2.05, 4.69) is 48.5 Å². The summed E-state index contributed by atoms with van der Waals surface area (Å²) in [4.78, 5) is 13.7. The van der Waals surface area contributed by atoms with Crippen LogP contribution in [0.4, 0.5) is 0 Å². The molecule has 27 heavy (non-hydrogen) atoms. The van der Waals surface area contributed by atoms with E-state index in [4.69, 9.17) is 4.74 Å². The minimum atomic E-state index is -0.594. The van der Waals surface area contributed by atoms with Gasteiger partial charge in [-0.05, 0) is 74.5 Å². The van der Waals surface area contributed by atoms with Crippen molar-refractivity contribution in [2.45, 2.75) is 117 Å². The van der Waals surface area contributed by atoms with Crippen molar-refractivity contribution in [3.05, 3.63) is 0 Å². The highest BCUT2D eigenvalue weighted by Gasteiger charge is 2.61. The SMILES string of the molecule is CCC(C)(C)CC(C)(C(=O)OC12CC3CC(CC(O)(C3)C1)C2)C(C)(C)CC. The second-order valence-electron chi connectivity index (χ2n) is 12.0. The van der Waals surface area contributed by atoms with Crippen molar-refractivity contribution in [2.24, 2.45) is 28.1 Å². The van der Waals surface area contributed by atoms with Crippen LogP contribution in [0.2, 0.25) is 0 Å².